The number of alkyl carbamates (subject to hydrolysis) is 1. The fourth-order valence-electron chi connectivity index (χ4n) is 9.56. The van der Waals surface area contributed by atoms with Gasteiger partial charge in [0, 0.05) is 36.7 Å². The summed E-state index contributed by atoms with van der Waals surface area (Å²) in [6.07, 6.45) is 3.17. The van der Waals surface area contributed by atoms with Gasteiger partial charge in [0.25, 0.3) is 0 Å². The van der Waals surface area contributed by atoms with E-state index in [-0.39, 0.29) is 65.9 Å². The average Bonchev–Trinajstić information content (AvgIpc) is 3.92. The lowest BCUT2D eigenvalue weighted by Crippen LogP contribution is -2.51. The SMILES string of the molecule is COc1ccc(S(=O)(=O)N(CC(C)C)C[C@@H](O)[C@H](Cc2ccc(NC[C@@H]3CCCCN3C(=O)Nc3sc4c(c3C(=O)O)CC(C)(C)CC4)cc2)NC(=O)O[C@H]2CO[C@@]3(C)OCC[C@@H]23)cc1. The van der Waals surface area contributed by atoms with Gasteiger partial charge >= 0.3 is 18.1 Å². The van der Waals surface area contributed by atoms with E-state index in [1.165, 1.54) is 34.9 Å². The lowest BCUT2D eigenvalue weighted by molar-refractivity contribution is -0.181. The van der Waals surface area contributed by atoms with Gasteiger partial charge in [0.2, 0.25) is 10.0 Å². The number of sulfonamides is 1. The summed E-state index contributed by atoms with van der Waals surface area (Å²) in [6, 6.07) is 12.2. The molecule has 3 fully saturated rings. The molecular weight excluding hydrogens is 875 g/mol. The van der Waals surface area contributed by atoms with E-state index in [0.717, 1.165) is 53.8 Å². The molecule has 3 amide bonds. The molecule has 0 unspecified atom stereocenters. The average molecular weight is 940 g/mol. The third-order valence-electron chi connectivity index (χ3n) is 13.2. The van der Waals surface area contributed by atoms with Crippen molar-refractivity contribution < 1.29 is 52.0 Å². The van der Waals surface area contributed by atoms with Gasteiger partial charge < -0.3 is 44.7 Å². The summed E-state index contributed by atoms with van der Waals surface area (Å²) in [5, 5.41) is 31.8. The van der Waals surface area contributed by atoms with Crippen LogP contribution in [0.1, 0.15) is 93.1 Å². The molecule has 3 saturated heterocycles. The third-order valence-corrected chi connectivity index (χ3v) is 16.3. The Kier molecular flexibility index (Phi) is 15.1. The lowest BCUT2D eigenvalue weighted by atomic mass is 9.76. The van der Waals surface area contributed by atoms with Crippen LogP contribution in [-0.4, -0.2) is 123 Å². The maximum Gasteiger partial charge on any atom is 0.407 e. The van der Waals surface area contributed by atoms with Gasteiger partial charge in [0.15, 0.2) is 5.79 Å². The zero-order valence-corrected chi connectivity index (χ0v) is 39.9. The molecule has 3 aromatic rings. The second-order valence-corrected chi connectivity index (χ2v) is 22.2. The molecule has 65 heavy (non-hydrogen) atoms. The van der Waals surface area contributed by atoms with Crippen molar-refractivity contribution in [3.8, 4) is 5.75 Å². The van der Waals surface area contributed by atoms with E-state index in [0.29, 0.717) is 43.3 Å². The molecule has 1 aromatic heterocycles. The summed E-state index contributed by atoms with van der Waals surface area (Å²) >= 11 is 1.38. The number of carboxylic acid groups (broad SMARTS) is 1. The number of likely N-dealkylation sites (tertiary alicyclic amines) is 1. The molecule has 7 rings (SSSR count). The molecule has 1 aliphatic carbocycles. The molecule has 18 heteroatoms. The fraction of sp³-hybridized carbons (Fsp3) is 0.596. The quantitative estimate of drug-likeness (QED) is 0.0932. The number of aliphatic hydroxyl groups excluding tert-OH is 1. The Labute approximate surface area is 386 Å². The summed E-state index contributed by atoms with van der Waals surface area (Å²) in [7, 11) is -2.56. The Hall–Kier alpha value is -4.46. The number of carbonyl (C=O) groups excluding carboxylic acids is 2. The number of methoxy groups -OCH3 is 1. The Morgan fingerprint density at radius 3 is 2.45 bits per heavy atom. The number of thiophene rings is 1. The number of aliphatic hydroxyl groups is 1. The highest BCUT2D eigenvalue weighted by molar-refractivity contribution is 7.89. The molecule has 0 bridgehead atoms. The summed E-state index contributed by atoms with van der Waals surface area (Å²) in [6.45, 7) is 11.4. The van der Waals surface area contributed by atoms with Crippen LogP contribution in [0.4, 0.5) is 20.3 Å². The number of fused-ring (bicyclic) bond motifs is 2. The number of amides is 3. The number of benzene rings is 2. The second kappa shape index (κ2) is 20.2. The molecule has 0 radical (unpaired) electrons. The number of nitrogens with zero attached hydrogens (tertiary/aromatic N) is 2. The van der Waals surface area contributed by atoms with Crippen LogP contribution >= 0.6 is 11.3 Å². The van der Waals surface area contributed by atoms with E-state index in [1.54, 1.807) is 17.0 Å². The number of urea groups is 1. The Morgan fingerprint density at radius 2 is 1.75 bits per heavy atom. The van der Waals surface area contributed by atoms with Crippen LogP contribution in [0.3, 0.4) is 0 Å². The minimum atomic E-state index is -4.06. The van der Waals surface area contributed by atoms with Crippen molar-refractivity contribution >= 4 is 50.1 Å². The van der Waals surface area contributed by atoms with Crippen molar-refractivity contribution in [1.82, 2.24) is 14.5 Å². The van der Waals surface area contributed by atoms with Crippen LogP contribution in [0.2, 0.25) is 0 Å². The van der Waals surface area contributed by atoms with Gasteiger partial charge in [-0.05, 0) is 117 Å². The minimum Gasteiger partial charge on any atom is -0.497 e. The summed E-state index contributed by atoms with van der Waals surface area (Å²) in [4.78, 5) is 42.7. The third kappa shape index (κ3) is 11.4. The van der Waals surface area contributed by atoms with Gasteiger partial charge in [-0.3, -0.25) is 5.32 Å². The Balaban J connectivity index is 1.03. The van der Waals surface area contributed by atoms with Gasteiger partial charge in [0.05, 0.1) is 54.9 Å². The first kappa shape index (κ1) is 48.5. The molecular formula is C47H65N5O11S2. The number of carbonyl (C=O) groups is 3. The molecule has 6 atom stereocenters. The predicted octanol–water partition coefficient (Wildman–Crippen LogP) is 6.96. The number of anilines is 2. The summed E-state index contributed by atoms with van der Waals surface area (Å²) < 4.78 is 52.0. The fourth-order valence-corrected chi connectivity index (χ4v) is 12.4. The number of carboxylic acids is 1. The van der Waals surface area contributed by atoms with Crippen LogP contribution < -0.4 is 20.7 Å². The first-order valence-corrected chi connectivity index (χ1v) is 25.0. The summed E-state index contributed by atoms with van der Waals surface area (Å²) in [5.74, 6) is -1.57. The molecule has 2 aromatic carbocycles. The first-order chi connectivity index (χ1) is 30.9. The predicted molar refractivity (Wildman–Crippen MR) is 247 cm³/mol. The van der Waals surface area contributed by atoms with Gasteiger partial charge in [-0.1, -0.05) is 39.8 Å². The van der Waals surface area contributed by atoms with Crippen LogP contribution in [0, 0.1) is 17.3 Å². The summed E-state index contributed by atoms with van der Waals surface area (Å²) in [5.41, 5.74) is 2.60. The highest BCUT2D eigenvalue weighted by atomic mass is 32.2. The topological polar surface area (TPSA) is 205 Å². The lowest BCUT2D eigenvalue weighted by Gasteiger charge is -2.36. The van der Waals surface area contributed by atoms with Crippen molar-refractivity contribution in [2.45, 2.75) is 121 Å². The van der Waals surface area contributed by atoms with Crippen LogP contribution in [0.15, 0.2) is 53.4 Å². The van der Waals surface area contributed by atoms with Gasteiger partial charge in [0.1, 0.15) is 16.9 Å². The van der Waals surface area contributed by atoms with Gasteiger partial charge in [-0.2, -0.15) is 4.31 Å². The first-order valence-electron chi connectivity index (χ1n) is 22.7. The molecule has 4 heterocycles. The highest BCUT2D eigenvalue weighted by Crippen LogP contribution is 2.44. The van der Waals surface area contributed by atoms with Crippen molar-refractivity contribution in [2.24, 2.45) is 17.3 Å². The van der Waals surface area contributed by atoms with E-state index in [2.05, 4.69) is 29.8 Å². The maximum atomic E-state index is 14.0. The molecule has 16 nitrogen and oxygen atoms in total. The standard InChI is InChI=1S/C47H65N5O11S2/c1-29(2)26-51(65(58,59)34-16-14-33(60-6)15-17-34)27-38(53)37(49-45(57)63-39-28-62-47(5)36(39)19-22-61-47)23-30-10-12-31(13-11-30)48-25-32-9-7-8-21-52(32)44(56)50-42-41(43(54)55)35-24-46(3,4)20-18-40(35)64-42/h10-17,29,32,36-39,48,53H,7-9,18-28H2,1-6H3,(H,49,57)(H,50,56)(H,54,55)/t32-,36-,37-,38+,39-,47+/m0/s1. The molecule has 4 aliphatic rings. The van der Waals surface area contributed by atoms with Gasteiger partial charge in [-0.15, -0.1) is 11.3 Å². The molecule has 356 valence electrons. The van der Waals surface area contributed by atoms with E-state index in [9.17, 15) is 33.0 Å². The normalized spacial score (nSPS) is 23.6. The second-order valence-electron chi connectivity index (χ2n) is 19.1. The monoisotopic (exact) mass is 939 g/mol. The van der Waals surface area contributed by atoms with Crippen LogP contribution in [0.25, 0.3) is 0 Å². The van der Waals surface area contributed by atoms with Crippen molar-refractivity contribution in [2.75, 3.05) is 57.1 Å². The van der Waals surface area contributed by atoms with E-state index < -0.39 is 46.1 Å². The number of ether oxygens (including phenoxy) is 4. The molecule has 0 spiro atoms. The van der Waals surface area contributed by atoms with Crippen LogP contribution in [0.5, 0.6) is 5.75 Å². The van der Waals surface area contributed by atoms with Gasteiger partial charge in [-0.25, -0.2) is 22.8 Å². The Bertz CT molecular complexity index is 2270. The maximum absolute atomic E-state index is 14.0. The molecule has 0 saturated carbocycles. The zero-order chi connectivity index (χ0) is 46.7. The van der Waals surface area contributed by atoms with E-state index in [4.69, 9.17) is 18.9 Å². The number of aryl methyl sites for hydroxylation is 1. The smallest absolute Gasteiger partial charge is 0.407 e. The van der Waals surface area contributed by atoms with E-state index >= 15 is 0 Å². The zero-order valence-electron chi connectivity index (χ0n) is 38.3. The number of piperidine rings is 1. The van der Waals surface area contributed by atoms with E-state index in [1.807, 2.05) is 45.0 Å². The molecule has 5 N–H and O–H groups in total. The number of rotatable bonds is 17. The molecule has 3 aliphatic heterocycles. The van der Waals surface area contributed by atoms with Crippen molar-refractivity contribution in [1.29, 1.82) is 0 Å². The number of hydrogen-bond donors (Lipinski definition) is 5. The van der Waals surface area contributed by atoms with Crippen molar-refractivity contribution in [3.05, 3.63) is 70.1 Å². The van der Waals surface area contributed by atoms with Crippen LogP contribution in [-0.2, 0) is 43.5 Å². The Morgan fingerprint density at radius 1 is 1.02 bits per heavy atom. The number of hydrogen-bond acceptors (Lipinski definition) is 12. The largest absolute Gasteiger partial charge is 0.497 e. The highest BCUT2D eigenvalue weighted by Gasteiger charge is 2.53. The number of aromatic carboxylic acids is 1. The number of nitrogens with one attached hydrogen (secondary N) is 3. The van der Waals surface area contributed by atoms with Crippen molar-refractivity contribution in [3.63, 3.8) is 0 Å². The minimum absolute atomic E-state index is 0.00597.